The molecule has 1 saturated carbocycles. The summed E-state index contributed by atoms with van der Waals surface area (Å²) in [6.45, 7) is 5.86. The Kier molecular flexibility index (Phi) is 9.98. The van der Waals surface area contributed by atoms with E-state index in [4.69, 9.17) is 0 Å². The van der Waals surface area contributed by atoms with Crippen LogP contribution in [0.5, 0.6) is 0 Å². The molecular weight excluding hydrogens is 478 g/mol. The Labute approximate surface area is 229 Å². The number of nitrogens with one attached hydrogen (secondary N) is 2. The van der Waals surface area contributed by atoms with Gasteiger partial charge in [-0.3, -0.25) is 14.4 Å². The van der Waals surface area contributed by atoms with Crippen LogP contribution in [0, 0.1) is 11.8 Å². The van der Waals surface area contributed by atoms with Crippen LogP contribution in [-0.2, 0) is 16.1 Å². The van der Waals surface area contributed by atoms with Crippen molar-refractivity contribution >= 4 is 17.6 Å². The lowest BCUT2D eigenvalue weighted by Crippen LogP contribution is -2.48. The molecule has 2 aliphatic rings. The average molecular weight is 524 g/mol. The lowest BCUT2D eigenvalue weighted by atomic mass is 9.80. The van der Waals surface area contributed by atoms with E-state index in [1.165, 1.54) is 6.42 Å². The van der Waals surface area contributed by atoms with Crippen LogP contribution in [0.4, 0.5) is 0 Å². The number of ketones is 1. The first-order valence-corrected chi connectivity index (χ1v) is 14.1. The fraction of sp³-hybridized carbons (Fsp3) is 0.567. The standard InChI is InChI=1S/C30H41N5O3.2H2/c1-21(2)29(37)28(22-9-4-3-5-10-22)34-30(38)24-12-6-11-23(17-24)25-13-7-16-35(20-25)27(36)19-31-18-26-32-14-8-15-33-26;;/h6,8,11-12,14-15,17,21-22,25,28,31H,3-5,7,9-10,13,16,18-20H2,1-2H3,(H,34,38);2*1H/t25?,28-;;/m1../s1. The zero-order chi connectivity index (χ0) is 26.9. The molecule has 2 aromatic rings. The number of Topliss-reactive ketones (excluding diaryl/α,β-unsaturated/α-hetero) is 1. The first-order valence-electron chi connectivity index (χ1n) is 14.1. The quantitative estimate of drug-likeness (QED) is 0.479. The third kappa shape index (κ3) is 7.47. The molecule has 8 heteroatoms. The Morgan fingerprint density at radius 3 is 2.53 bits per heavy atom. The Hall–Kier alpha value is -3.13. The van der Waals surface area contributed by atoms with E-state index in [0.29, 0.717) is 24.5 Å². The third-order valence-electron chi connectivity index (χ3n) is 7.86. The molecule has 1 aromatic carbocycles. The largest absolute Gasteiger partial charge is 0.342 e. The summed E-state index contributed by atoms with van der Waals surface area (Å²) >= 11 is 0. The summed E-state index contributed by atoms with van der Waals surface area (Å²) < 4.78 is 0. The van der Waals surface area contributed by atoms with Gasteiger partial charge in [0.2, 0.25) is 5.91 Å². The second kappa shape index (κ2) is 13.6. The molecule has 2 N–H and O–H groups in total. The second-order valence-corrected chi connectivity index (χ2v) is 11.0. The number of nitrogens with zero attached hydrogens (tertiary/aromatic N) is 3. The van der Waals surface area contributed by atoms with Gasteiger partial charge in [-0.2, -0.15) is 0 Å². The molecule has 1 aliphatic heterocycles. The summed E-state index contributed by atoms with van der Waals surface area (Å²) in [5, 5.41) is 6.25. The summed E-state index contributed by atoms with van der Waals surface area (Å²) in [6, 6.07) is 9.05. The van der Waals surface area contributed by atoms with Crippen LogP contribution in [0.1, 0.15) is 89.3 Å². The molecule has 8 nitrogen and oxygen atoms in total. The molecule has 2 heterocycles. The monoisotopic (exact) mass is 523 g/mol. The summed E-state index contributed by atoms with van der Waals surface area (Å²) in [5.41, 5.74) is 1.64. The van der Waals surface area contributed by atoms with Crippen molar-refractivity contribution in [2.75, 3.05) is 19.6 Å². The van der Waals surface area contributed by atoms with E-state index in [0.717, 1.165) is 50.6 Å². The Bertz CT molecular complexity index is 1100. The fourth-order valence-electron chi connectivity index (χ4n) is 5.70. The minimum Gasteiger partial charge on any atom is -0.342 e. The highest BCUT2D eigenvalue weighted by atomic mass is 16.2. The van der Waals surface area contributed by atoms with Gasteiger partial charge in [-0.15, -0.1) is 0 Å². The molecule has 0 radical (unpaired) electrons. The first-order chi connectivity index (χ1) is 18.4. The van der Waals surface area contributed by atoms with Crippen molar-refractivity contribution in [1.29, 1.82) is 0 Å². The maximum atomic E-state index is 13.3. The highest BCUT2D eigenvalue weighted by molar-refractivity contribution is 5.98. The summed E-state index contributed by atoms with van der Waals surface area (Å²) in [6.07, 6.45) is 10.7. The van der Waals surface area contributed by atoms with Crippen LogP contribution in [0.3, 0.4) is 0 Å². The highest BCUT2D eigenvalue weighted by Crippen LogP contribution is 2.30. The molecule has 2 atom stereocenters. The van der Waals surface area contributed by atoms with Crippen molar-refractivity contribution in [2.24, 2.45) is 11.8 Å². The Morgan fingerprint density at radius 2 is 1.79 bits per heavy atom. The first kappa shape index (κ1) is 27.9. The number of carbonyl (C=O) groups excluding carboxylic acids is 3. The highest BCUT2D eigenvalue weighted by Gasteiger charge is 2.32. The van der Waals surface area contributed by atoms with Crippen molar-refractivity contribution in [3.63, 3.8) is 0 Å². The number of aromatic nitrogens is 2. The van der Waals surface area contributed by atoms with Gasteiger partial charge < -0.3 is 15.5 Å². The van der Waals surface area contributed by atoms with E-state index in [9.17, 15) is 14.4 Å². The van der Waals surface area contributed by atoms with E-state index in [-0.39, 0.29) is 44.7 Å². The van der Waals surface area contributed by atoms with E-state index in [1.807, 2.05) is 43.0 Å². The second-order valence-electron chi connectivity index (χ2n) is 11.0. The number of carbonyl (C=O) groups is 3. The van der Waals surface area contributed by atoms with E-state index in [1.54, 1.807) is 18.5 Å². The maximum Gasteiger partial charge on any atom is 0.251 e. The van der Waals surface area contributed by atoms with Crippen molar-refractivity contribution in [2.45, 2.75) is 77.3 Å². The van der Waals surface area contributed by atoms with Crippen LogP contribution in [0.15, 0.2) is 42.7 Å². The number of hydrogen-bond donors (Lipinski definition) is 2. The minimum absolute atomic E-state index is 0. The summed E-state index contributed by atoms with van der Waals surface area (Å²) in [5.74, 6) is 0.918. The van der Waals surface area contributed by atoms with Gasteiger partial charge in [-0.1, -0.05) is 45.2 Å². The minimum atomic E-state index is -0.428. The third-order valence-corrected chi connectivity index (χ3v) is 7.86. The topological polar surface area (TPSA) is 104 Å². The summed E-state index contributed by atoms with van der Waals surface area (Å²) in [7, 11) is 0. The number of likely N-dealkylation sites (tertiary alicyclic amines) is 1. The maximum absolute atomic E-state index is 13.3. The van der Waals surface area contributed by atoms with Gasteiger partial charge in [0.15, 0.2) is 5.78 Å². The van der Waals surface area contributed by atoms with Crippen LogP contribution in [0.25, 0.3) is 0 Å². The number of benzene rings is 1. The van der Waals surface area contributed by atoms with Crippen LogP contribution >= 0.6 is 0 Å². The molecular formula is C30H45N5O3. The van der Waals surface area contributed by atoms with Crippen LogP contribution < -0.4 is 10.6 Å². The molecule has 38 heavy (non-hydrogen) atoms. The smallest absolute Gasteiger partial charge is 0.251 e. The zero-order valence-corrected chi connectivity index (χ0v) is 22.7. The molecule has 0 bridgehead atoms. The molecule has 1 aliphatic carbocycles. The van der Waals surface area contributed by atoms with Gasteiger partial charge in [-0.05, 0) is 55.4 Å². The van der Waals surface area contributed by atoms with E-state index < -0.39 is 6.04 Å². The molecule has 208 valence electrons. The van der Waals surface area contributed by atoms with Crippen LogP contribution in [0.2, 0.25) is 0 Å². The normalized spacial score (nSPS) is 19.2. The van der Waals surface area contributed by atoms with Gasteiger partial charge in [0.1, 0.15) is 5.82 Å². The molecule has 2 amide bonds. The van der Waals surface area contributed by atoms with E-state index >= 15 is 0 Å². The molecule has 1 unspecified atom stereocenters. The van der Waals surface area contributed by atoms with Crippen molar-refractivity contribution in [3.8, 4) is 0 Å². The number of piperidine rings is 1. The number of rotatable bonds is 10. The van der Waals surface area contributed by atoms with Crippen molar-refractivity contribution in [3.05, 3.63) is 59.7 Å². The number of amides is 2. The van der Waals surface area contributed by atoms with Gasteiger partial charge in [0.25, 0.3) is 5.91 Å². The lowest BCUT2D eigenvalue weighted by molar-refractivity contribution is -0.131. The van der Waals surface area contributed by atoms with Gasteiger partial charge in [0.05, 0.1) is 19.1 Å². The Morgan fingerprint density at radius 1 is 1.03 bits per heavy atom. The molecule has 1 saturated heterocycles. The summed E-state index contributed by atoms with van der Waals surface area (Å²) in [4.78, 5) is 49.4. The molecule has 0 spiro atoms. The average Bonchev–Trinajstić information content (AvgIpc) is 2.96. The molecule has 1 aromatic heterocycles. The predicted octanol–water partition coefficient (Wildman–Crippen LogP) is 4.37. The van der Waals surface area contributed by atoms with Gasteiger partial charge in [0, 0.05) is 45.7 Å². The van der Waals surface area contributed by atoms with Gasteiger partial charge in [-0.25, -0.2) is 9.97 Å². The SMILES string of the molecule is CC(C)C(=O)[C@H](NC(=O)c1cccc(C2CCCN(C(=O)CNCc3ncccn3)C2)c1)C1CCCCC1.[HH].[HH]. The predicted molar refractivity (Wildman–Crippen MR) is 151 cm³/mol. The van der Waals surface area contributed by atoms with Crippen molar-refractivity contribution < 1.29 is 17.2 Å². The van der Waals surface area contributed by atoms with Gasteiger partial charge >= 0.3 is 0 Å². The molecule has 2 fully saturated rings. The van der Waals surface area contributed by atoms with E-state index in [2.05, 4.69) is 20.6 Å². The number of hydrogen-bond acceptors (Lipinski definition) is 6. The molecule has 4 rings (SSSR count). The zero-order valence-electron chi connectivity index (χ0n) is 22.7. The lowest BCUT2D eigenvalue weighted by Gasteiger charge is -2.33. The Balaban J connectivity index is 0.00000280. The fourth-order valence-corrected chi connectivity index (χ4v) is 5.70. The van der Waals surface area contributed by atoms with Crippen molar-refractivity contribution in [1.82, 2.24) is 25.5 Å². The van der Waals surface area contributed by atoms with Crippen LogP contribution in [-0.4, -0.2) is 58.1 Å².